The van der Waals surface area contributed by atoms with Crippen molar-refractivity contribution in [1.29, 1.82) is 0 Å². The summed E-state index contributed by atoms with van der Waals surface area (Å²) in [6, 6.07) is -4.71. The van der Waals surface area contributed by atoms with Crippen LogP contribution in [-0.4, -0.2) is 77.1 Å². The molecule has 0 aliphatic heterocycles. The van der Waals surface area contributed by atoms with E-state index in [1.807, 2.05) is 0 Å². The Morgan fingerprint density at radius 1 is 0.912 bits per heavy atom. The minimum atomic E-state index is -1.55. The second-order valence-electron chi connectivity index (χ2n) is 8.06. The number of aliphatic carboxylic acids is 1. The van der Waals surface area contributed by atoms with Gasteiger partial charge in [0, 0.05) is 12.3 Å². The molecule has 4 atom stereocenters. The van der Waals surface area contributed by atoms with Gasteiger partial charge in [0.25, 0.3) is 0 Å². The number of nitrogens with two attached hydrogens (primary N) is 4. The molecule has 14 nitrogen and oxygen atoms in total. The van der Waals surface area contributed by atoms with Crippen molar-refractivity contribution in [3.63, 3.8) is 0 Å². The molecule has 0 heterocycles. The van der Waals surface area contributed by atoms with Gasteiger partial charge in [0.15, 0.2) is 5.96 Å². The van der Waals surface area contributed by atoms with Crippen molar-refractivity contribution < 1.29 is 29.1 Å². The molecular formula is C19H36N8O6S. The van der Waals surface area contributed by atoms with Crippen molar-refractivity contribution in [2.75, 3.05) is 12.3 Å². The highest BCUT2D eigenvalue weighted by molar-refractivity contribution is 7.80. The van der Waals surface area contributed by atoms with Crippen LogP contribution < -0.4 is 38.9 Å². The quantitative estimate of drug-likeness (QED) is 0.0442. The number of hydrogen-bond donors (Lipinski definition) is 9. The van der Waals surface area contributed by atoms with E-state index in [1.165, 1.54) is 0 Å². The Bertz CT molecular complexity index is 759. The van der Waals surface area contributed by atoms with Crippen molar-refractivity contribution in [2.24, 2.45) is 33.8 Å². The molecule has 0 rings (SSSR count). The van der Waals surface area contributed by atoms with Crippen LogP contribution in [-0.2, 0) is 24.0 Å². The van der Waals surface area contributed by atoms with E-state index in [2.05, 4.69) is 33.6 Å². The Kier molecular flexibility index (Phi) is 14.3. The number of carboxylic acids is 1. The van der Waals surface area contributed by atoms with Gasteiger partial charge in [-0.05, 0) is 25.2 Å². The van der Waals surface area contributed by atoms with Crippen molar-refractivity contribution in [3.05, 3.63) is 0 Å². The van der Waals surface area contributed by atoms with Gasteiger partial charge in [0.1, 0.15) is 18.1 Å². The molecular weight excluding hydrogens is 468 g/mol. The predicted molar refractivity (Wildman–Crippen MR) is 128 cm³/mol. The number of amides is 4. The van der Waals surface area contributed by atoms with Gasteiger partial charge >= 0.3 is 5.97 Å². The van der Waals surface area contributed by atoms with E-state index in [-0.39, 0.29) is 30.5 Å². The summed E-state index contributed by atoms with van der Waals surface area (Å²) >= 11 is 4.08. The molecule has 12 N–H and O–H groups in total. The van der Waals surface area contributed by atoms with Gasteiger partial charge in [-0.2, -0.15) is 12.6 Å². The van der Waals surface area contributed by atoms with Crippen LogP contribution in [0.4, 0.5) is 0 Å². The largest absolute Gasteiger partial charge is 0.480 e. The number of thiol groups is 1. The zero-order valence-electron chi connectivity index (χ0n) is 19.3. The van der Waals surface area contributed by atoms with E-state index in [0.717, 1.165) is 0 Å². The van der Waals surface area contributed by atoms with Gasteiger partial charge in [-0.1, -0.05) is 13.8 Å². The van der Waals surface area contributed by atoms with Gasteiger partial charge < -0.3 is 44.0 Å². The first-order valence-electron chi connectivity index (χ1n) is 10.6. The number of rotatable bonds is 16. The fraction of sp³-hybridized carbons (Fsp3) is 0.684. The summed E-state index contributed by atoms with van der Waals surface area (Å²) < 4.78 is 0. The molecule has 0 radical (unpaired) electrons. The smallest absolute Gasteiger partial charge is 0.326 e. The molecule has 0 saturated heterocycles. The zero-order chi connectivity index (χ0) is 26.4. The average molecular weight is 505 g/mol. The number of carboxylic acid groups (broad SMARTS) is 1. The highest BCUT2D eigenvalue weighted by Crippen LogP contribution is 2.07. The van der Waals surface area contributed by atoms with Crippen LogP contribution in [0.5, 0.6) is 0 Å². The summed E-state index contributed by atoms with van der Waals surface area (Å²) in [4.78, 5) is 63.9. The summed E-state index contributed by atoms with van der Waals surface area (Å²) in [5.41, 5.74) is 21.3. The molecule has 0 bridgehead atoms. The highest BCUT2D eigenvalue weighted by atomic mass is 32.1. The highest BCUT2D eigenvalue weighted by Gasteiger charge is 2.30. The molecule has 0 fully saturated rings. The Morgan fingerprint density at radius 2 is 1.44 bits per heavy atom. The maximum atomic E-state index is 12.7. The molecule has 34 heavy (non-hydrogen) atoms. The maximum absolute atomic E-state index is 12.7. The second-order valence-corrected chi connectivity index (χ2v) is 8.42. The zero-order valence-corrected chi connectivity index (χ0v) is 20.2. The van der Waals surface area contributed by atoms with Crippen LogP contribution in [0.25, 0.3) is 0 Å². The number of hydrogen-bond acceptors (Lipinski definition) is 8. The molecule has 0 saturated carbocycles. The maximum Gasteiger partial charge on any atom is 0.326 e. The van der Waals surface area contributed by atoms with Crippen molar-refractivity contribution in [1.82, 2.24) is 16.0 Å². The summed E-state index contributed by atoms with van der Waals surface area (Å²) in [7, 11) is 0. The van der Waals surface area contributed by atoms with Crippen molar-refractivity contribution in [3.8, 4) is 0 Å². The minimum Gasteiger partial charge on any atom is -0.480 e. The van der Waals surface area contributed by atoms with Crippen molar-refractivity contribution in [2.45, 2.75) is 63.7 Å². The molecule has 0 aromatic heterocycles. The first-order chi connectivity index (χ1) is 15.8. The number of carbonyl (C=O) groups is 5. The Morgan fingerprint density at radius 3 is 1.91 bits per heavy atom. The van der Waals surface area contributed by atoms with E-state index in [1.54, 1.807) is 13.8 Å². The summed E-state index contributed by atoms with van der Waals surface area (Å²) in [6.45, 7) is 3.88. The minimum absolute atomic E-state index is 0.0573. The van der Waals surface area contributed by atoms with Crippen molar-refractivity contribution >= 4 is 48.2 Å². The molecule has 0 aromatic carbocycles. The lowest BCUT2D eigenvalue weighted by Gasteiger charge is -2.25. The van der Waals surface area contributed by atoms with E-state index in [9.17, 15) is 29.1 Å². The number of nitrogens with zero attached hydrogens (tertiary/aromatic N) is 1. The average Bonchev–Trinajstić information content (AvgIpc) is 2.72. The lowest BCUT2D eigenvalue weighted by Crippen LogP contribution is -2.58. The lowest BCUT2D eigenvalue weighted by molar-refractivity contribution is -0.143. The van der Waals surface area contributed by atoms with E-state index in [0.29, 0.717) is 13.0 Å². The third-order valence-electron chi connectivity index (χ3n) is 4.48. The molecule has 194 valence electrons. The van der Waals surface area contributed by atoms with Gasteiger partial charge in [-0.15, -0.1) is 0 Å². The molecule has 0 spiro atoms. The molecule has 0 aromatic rings. The number of guanidine groups is 1. The lowest BCUT2D eigenvalue weighted by atomic mass is 10.0. The van der Waals surface area contributed by atoms with Gasteiger partial charge in [0.05, 0.1) is 12.5 Å². The number of aliphatic imine (C=N–C) groups is 1. The van der Waals surface area contributed by atoms with Crippen LogP contribution in [0.1, 0.15) is 39.5 Å². The summed E-state index contributed by atoms with van der Waals surface area (Å²) in [5.74, 6) is -4.70. The predicted octanol–water partition coefficient (Wildman–Crippen LogP) is -3.24. The fourth-order valence-corrected chi connectivity index (χ4v) is 3.03. The normalized spacial score (nSPS) is 14.3. The third-order valence-corrected chi connectivity index (χ3v) is 4.85. The standard InChI is InChI=1S/C19H36N8O6S/c1-9(2)6-11(16(30)26-12(18(32)33)7-14(21)28)25-17(31)13(8-34)27-15(29)10(20)4-3-5-24-19(22)23/h9-13,34H,3-8,20H2,1-2H3,(H2,21,28)(H,25,31)(H,26,30)(H,27,29)(H,32,33)(H4,22,23,24). The first-order valence-corrected chi connectivity index (χ1v) is 11.3. The van der Waals surface area contributed by atoms with Crippen LogP contribution >= 0.6 is 12.6 Å². The van der Waals surface area contributed by atoms with Gasteiger partial charge in [-0.25, -0.2) is 4.79 Å². The van der Waals surface area contributed by atoms with Gasteiger partial charge in [0.2, 0.25) is 23.6 Å². The molecule has 15 heteroatoms. The third kappa shape index (κ3) is 12.8. The van der Waals surface area contributed by atoms with Crippen LogP contribution in [0.2, 0.25) is 0 Å². The molecule has 4 amide bonds. The molecule has 4 unspecified atom stereocenters. The Balaban J connectivity index is 5.16. The van der Waals surface area contributed by atoms with Crippen LogP contribution in [0, 0.1) is 5.92 Å². The SMILES string of the molecule is CC(C)CC(NC(=O)C(CS)NC(=O)C(N)CCCN=C(N)N)C(=O)NC(CC(N)=O)C(=O)O. The number of nitrogens with one attached hydrogen (secondary N) is 3. The first kappa shape index (κ1) is 30.9. The van der Waals surface area contributed by atoms with Crippen LogP contribution in [0.3, 0.4) is 0 Å². The fourth-order valence-electron chi connectivity index (χ4n) is 2.77. The Hall–Kier alpha value is -3.07. The number of primary amides is 1. The summed E-state index contributed by atoms with van der Waals surface area (Å²) in [6.07, 6.45) is 0.257. The molecule has 0 aliphatic rings. The van der Waals surface area contributed by atoms with E-state index in [4.69, 9.17) is 22.9 Å². The Labute approximate surface area is 203 Å². The topological polar surface area (TPSA) is 258 Å². The molecule has 0 aliphatic carbocycles. The number of carbonyl (C=O) groups excluding carboxylic acids is 4. The summed E-state index contributed by atoms with van der Waals surface area (Å²) in [5, 5.41) is 16.4. The van der Waals surface area contributed by atoms with Crippen LogP contribution in [0.15, 0.2) is 4.99 Å². The van der Waals surface area contributed by atoms with E-state index >= 15 is 0 Å². The second kappa shape index (κ2) is 15.7. The van der Waals surface area contributed by atoms with E-state index < -0.39 is 60.2 Å². The van der Waals surface area contributed by atoms with Gasteiger partial charge in [-0.3, -0.25) is 24.2 Å². The monoisotopic (exact) mass is 504 g/mol.